The van der Waals surface area contributed by atoms with Crippen LogP contribution in [0.5, 0.6) is 0 Å². The molecule has 1 aromatic carbocycles. The highest BCUT2D eigenvalue weighted by atomic mass is 15.4. The maximum absolute atomic E-state index is 6.03. The van der Waals surface area contributed by atoms with Gasteiger partial charge in [-0.25, -0.2) is 0 Å². The van der Waals surface area contributed by atoms with E-state index in [2.05, 4.69) is 51.7 Å². The van der Waals surface area contributed by atoms with Crippen LogP contribution in [0, 0.1) is 0 Å². The highest BCUT2D eigenvalue weighted by molar-refractivity contribution is 5.81. The minimum Gasteiger partial charge on any atom is -0.371 e. The fourth-order valence-corrected chi connectivity index (χ4v) is 3.31. The van der Waals surface area contributed by atoms with Gasteiger partial charge < -0.3 is 15.5 Å². The van der Waals surface area contributed by atoms with E-state index >= 15 is 0 Å². The Balaban J connectivity index is 1.70. The fourth-order valence-electron chi connectivity index (χ4n) is 3.31. The Morgan fingerprint density at radius 2 is 1.95 bits per heavy atom. The van der Waals surface area contributed by atoms with Gasteiger partial charge in [-0.05, 0) is 25.0 Å². The number of para-hydroxylation sites is 1. The fraction of sp³-hybridized carbons (Fsp3) is 0.438. The highest BCUT2D eigenvalue weighted by Gasteiger charge is 2.43. The first-order chi connectivity index (χ1) is 9.75. The number of hydrogen-bond donors (Lipinski definition) is 1. The third kappa shape index (κ3) is 2.15. The summed E-state index contributed by atoms with van der Waals surface area (Å²) in [5, 5.41) is 0. The zero-order valence-corrected chi connectivity index (χ0v) is 11.8. The van der Waals surface area contributed by atoms with Crippen molar-refractivity contribution in [2.24, 2.45) is 10.7 Å². The third-order valence-electron chi connectivity index (χ3n) is 4.51. The summed E-state index contributed by atoms with van der Waals surface area (Å²) in [4.78, 5) is 9.15. The molecule has 0 radical (unpaired) electrons. The first kappa shape index (κ1) is 13.0. The highest BCUT2D eigenvalue weighted by Crippen LogP contribution is 2.34. The van der Waals surface area contributed by atoms with E-state index in [4.69, 9.17) is 5.73 Å². The molecule has 0 bridgehead atoms. The summed E-state index contributed by atoms with van der Waals surface area (Å²) >= 11 is 0. The van der Waals surface area contributed by atoms with E-state index in [1.807, 2.05) is 6.08 Å². The molecule has 4 heteroatoms. The number of guanidine groups is 1. The van der Waals surface area contributed by atoms with Crippen LogP contribution in [-0.4, -0.2) is 42.6 Å². The molecule has 1 spiro atoms. The number of nitrogens with zero attached hydrogens (tertiary/aromatic N) is 3. The molecular formula is C16H22N4. The van der Waals surface area contributed by atoms with Crippen molar-refractivity contribution in [3.05, 3.63) is 43.0 Å². The molecule has 1 aromatic rings. The second-order valence-corrected chi connectivity index (χ2v) is 5.62. The number of rotatable bonds is 3. The number of aliphatic imine (C=N–C) groups is 1. The van der Waals surface area contributed by atoms with E-state index in [9.17, 15) is 0 Å². The molecule has 1 fully saturated rings. The van der Waals surface area contributed by atoms with Crippen molar-refractivity contribution in [3.63, 3.8) is 0 Å². The smallest absolute Gasteiger partial charge is 0.192 e. The maximum atomic E-state index is 6.03. The molecule has 4 nitrogen and oxygen atoms in total. The van der Waals surface area contributed by atoms with E-state index in [0.29, 0.717) is 5.96 Å². The number of benzene rings is 1. The average molecular weight is 270 g/mol. The first-order valence-corrected chi connectivity index (χ1v) is 7.24. The predicted octanol–water partition coefficient (Wildman–Crippen LogP) is 1.84. The maximum Gasteiger partial charge on any atom is 0.192 e. The van der Waals surface area contributed by atoms with Crippen LogP contribution in [0.4, 0.5) is 5.69 Å². The summed E-state index contributed by atoms with van der Waals surface area (Å²) in [5.74, 6) is 0.679. The minimum absolute atomic E-state index is 0.115. The quantitative estimate of drug-likeness (QED) is 0.852. The first-order valence-electron chi connectivity index (χ1n) is 7.24. The number of piperidine rings is 1. The molecule has 2 N–H and O–H groups in total. The minimum atomic E-state index is 0.115. The molecule has 0 unspecified atom stereocenters. The molecule has 0 aromatic heterocycles. The van der Waals surface area contributed by atoms with E-state index in [-0.39, 0.29) is 5.54 Å². The zero-order chi connectivity index (χ0) is 14.0. The molecular weight excluding hydrogens is 248 g/mol. The second-order valence-electron chi connectivity index (χ2n) is 5.62. The van der Waals surface area contributed by atoms with Gasteiger partial charge in [-0.3, -0.25) is 4.99 Å². The van der Waals surface area contributed by atoms with Gasteiger partial charge in [-0.15, -0.1) is 6.58 Å². The Bertz CT molecular complexity index is 500. The number of anilines is 1. The molecule has 20 heavy (non-hydrogen) atoms. The molecule has 3 rings (SSSR count). The van der Waals surface area contributed by atoms with Gasteiger partial charge in [0, 0.05) is 25.3 Å². The Kier molecular flexibility index (Phi) is 3.38. The van der Waals surface area contributed by atoms with Gasteiger partial charge in [0.15, 0.2) is 5.96 Å². The molecule has 1 saturated heterocycles. The molecule has 0 amide bonds. The van der Waals surface area contributed by atoms with Crippen LogP contribution in [0.1, 0.15) is 12.8 Å². The van der Waals surface area contributed by atoms with E-state index < -0.39 is 0 Å². The van der Waals surface area contributed by atoms with Gasteiger partial charge in [0.05, 0.1) is 12.1 Å². The van der Waals surface area contributed by atoms with E-state index in [1.54, 1.807) is 0 Å². The Morgan fingerprint density at radius 3 is 2.60 bits per heavy atom. The topological polar surface area (TPSA) is 44.9 Å². The lowest BCUT2D eigenvalue weighted by Crippen LogP contribution is -2.57. The van der Waals surface area contributed by atoms with Crippen LogP contribution >= 0.6 is 0 Å². The molecule has 2 heterocycles. The summed E-state index contributed by atoms with van der Waals surface area (Å²) in [6.45, 7) is 7.57. The van der Waals surface area contributed by atoms with Gasteiger partial charge in [0.25, 0.3) is 0 Å². The predicted molar refractivity (Wildman–Crippen MR) is 84.0 cm³/mol. The molecule has 2 aliphatic rings. The molecule has 0 atom stereocenters. The second kappa shape index (κ2) is 5.19. The van der Waals surface area contributed by atoms with Gasteiger partial charge >= 0.3 is 0 Å². The summed E-state index contributed by atoms with van der Waals surface area (Å²) < 4.78 is 0. The molecule has 0 aliphatic carbocycles. The van der Waals surface area contributed by atoms with Crippen molar-refractivity contribution in [2.75, 3.05) is 31.1 Å². The van der Waals surface area contributed by atoms with E-state index in [1.165, 1.54) is 5.69 Å². The molecule has 2 aliphatic heterocycles. The zero-order valence-electron chi connectivity index (χ0n) is 11.8. The van der Waals surface area contributed by atoms with E-state index in [0.717, 1.165) is 39.0 Å². The Morgan fingerprint density at radius 1 is 1.25 bits per heavy atom. The van der Waals surface area contributed by atoms with Crippen molar-refractivity contribution in [1.29, 1.82) is 0 Å². The summed E-state index contributed by atoms with van der Waals surface area (Å²) in [5.41, 5.74) is 7.46. The van der Waals surface area contributed by atoms with Crippen molar-refractivity contribution >= 4 is 11.6 Å². The van der Waals surface area contributed by atoms with Gasteiger partial charge in [0.1, 0.15) is 0 Å². The lowest BCUT2D eigenvalue weighted by molar-refractivity contribution is 0.173. The van der Waals surface area contributed by atoms with Crippen molar-refractivity contribution < 1.29 is 0 Å². The van der Waals surface area contributed by atoms with Crippen molar-refractivity contribution in [3.8, 4) is 0 Å². The average Bonchev–Trinajstić information content (AvgIpc) is 2.79. The summed E-state index contributed by atoms with van der Waals surface area (Å²) in [7, 11) is 0. The van der Waals surface area contributed by atoms with Crippen LogP contribution in [0.2, 0.25) is 0 Å². The van der Waals surface area contributed by atoms with Crippen molar-refractivity contribution in [2.45, 2.75) is 18.4 Å². The normalized spacial score (nSPS) is 21.1. The van der Waals surface area contributed by atoms with Gasteiger partial charge in [-0.1, -0.05) is 24.3 Å². The lowest BCUT2D eigenvalue weighted by Gasteiger charge is -2.45. The lowest BCUT2D eigenvalue weighted by atomic mass is 9.86. The van der Waals surface area contributed by atoms with Crippen LogP contribution in [0.15, 0.2) is 48.0 Å². The van der Waals surface area contributed by atoms with Crippen LogP contribution in [0.3, 0.4) is 0 Å². The largest absolute Gasteiger partial charge is 0.371 e. The van der Waals surface area contributed by atoms with Crippen molar-refractivity contribution in [1.82, 2.24) is 4.90 Å². The van der Waals surface area contributed by atoms with Gasteiger partial charge in [0.2, 0.25) is 0 Å². The molecule has 0 saturated carbocycles. The Labute approximate surface area is 120 Å². The SMILES string of the molecule is C=CCN1C(N)=NCC12CCN(c1ccccc1)CC2. The van der Waals surface area contributed by atoms with Crippen LogP contribution in [0.25, 0.3) is 0 Å². The van der Waals surface area contributed by atoms with Crippen LogP contribution < -0.4 is 10.6 Å². The standard InChI is InChI=1S/C16H22N4/c1-2-10-20-15(17)18-13-16(20)8-11-19(12-9-16)14-6-4-3-5-7-14/h2-7H,1,8-13H2,(H2,17,18). The van der Waals surface area contributed by atoms with Gasteiger partial charge in [-0.2, -0.15) is 0 Å². The van der Waals surface area contributed by atoms with Crippen LogP contribution in [-0.2, 0) is 0 Å². The third-order valence-corrected chi connectivity index (χ3v) is 4.51. The molecule has 106 valence electrons. The Hall–Kier alpha value is -1.97. The summed E-state index contributed by atoms with van der Waals surface area (Å²) in [6, 6.07) is 10.6. The monoisotopic (exact) mass is 270 g/mol. The number of nitrogens with two attached hydrogens (primary N) is 1. The summed E-state index contributed by atoms with van der Waals surface area (Å²) in [6.07, 6.45) is 4.11. The number of hydrogen-bond acceptors (Lipinski definition) is 4.